The number of benzene rings is 1. The number of aliphatic carboxylic acids is 1. The Labute approximate surface area is 127 Å². The van der Waals surface area contributed by atoms with Crippen LogP contribution in [-0.4, -0.2) is 35.2 Å². The number of carbonyl (C=O) groups is 1. The Morgan fingerprint density at radius 1 is 1.24 bits per heavy atom. The Balaban J connectivity index is 2.70. The van der Waals surface area contributed by atoms with Crippen LogP contribution in [0.4, 0.5) is 0 Å². The topological polar surface area (TPSA) is 49.8 Å². The molecule has 118 valence electrons. The Morgan fingerprint density at radius 2 is 1.86 bits per heavy atom. The quantitative estimate of drug-likeness (QED) is 0.754. The fraction of sp³-hybridized carbons (Fsp3) is 0.588. The fourth-order valence-electron chi connectivity index (χ4n) is 2.51. The van der Waals surface area contributed by atoms with E-state index in [9.17, 15) is 4.79 Å². The summed E-state index contributed by atoms with van der Waals surface area (Å²) < 4.78 is 5.46. The summed E-state index contributed by atoms with van der Waals surface area (Å²) in [4.78, 5) is 13.0. The normalized spacial score (nSPS) is 12.7. The molecule has 0 aliphatic carbocycles. The van der Waals surface area contributed by atoms with Crippen LogP contribution in [0.15, 0.2) is 24.3 Å². The molecule has 0 radical (unpaired) electrons. The van der Waals surface area contributed by atoms with Crippen molar-refractivity contribution in [2.45, 2.75) is 52.6 Å². The van der Waals surface area contributed by atoms with Crippen LogP contribution in [0, 0.1) is 0 Å². The highest BCUT2D eigenvalue weighted by Crippen LogP contribution is 2.25. The monoisotopic (exact) mass is 293 g/mol. The molecular formula is C17H27NO3. The molecule has 21 heavy (non-hydrogen) atoms. The van der Waals surface area contributed by atoms with Crippen LogP contribution in [0.25, 0.3) is 0 Å². The molecule has 4 nitrogen and oxygen atoms in total. The zero-order chi connectivity index (χ0) is 15.8. The van der Waals surface area contributed by atoms with Gasteiger partial charge in [0.2, 0.25) is 0 Å². The molecule has 0 fully saturated rings. The molecule has 0 saturated carbocycles. The average molecular weight is 293 g/mol. The highest BCUT2D eigenvalue weighted by atomic mass is 16.5. The van der Waals surface area contributed by atoms with Gasteiger partial charge in [-0.3, -0.25) is 9.69 Å². The van der Waals surface area contributed by atoms with E-state index in [0.717, 1.165) is 12.3 Å². The summed E-state index contributed by atoms with van der Waals surface area (Å²) in [7, 11) is 0. The lowest BCUT2D eigenvalue weighted by molar-refractivity contribution is -0.137. The molecular weight excluding hydrogens is 266 g/mol. The maximum Gasteiger partial charge on any atom is 0.303 e. The van der Waals surface area contributed by atoms with Crippen molar-refractivity contribution in [2.75, 3.05) is 13.2 Å². The standard InChI is InChI=1S/C17H27NO3/c1-5-21-16-10-8-15(9-11-16)14(4)18(13(2)3)12-6-7-17(19)20/h8-11,13-14H,5-7,12H2,1-4H3,(H,19,20). The van der Waals surface area contributed by atoms with Crippen LogP contribution in [-0.2, 0) is 4.79 Å². The van der Waals surface area contributed by atoms with Gasteiger partial charge in [0.05, 0.1) is 6.61 Å². The van der Waals surface area contributed by atoms with Gasteiger partial charge in [-0.1, -0.05) is 12.1 Å². The molecule has 0 aliphatic heterocycles. The summed E-state index contributed by atoms with van der Waals surface area (Å²) in [5.41, 5.74) is 1.22. The van der Waals surface area contributed by atoms with Crippen LogP contribution in [0.1, 0.15) is 52.1 Å². The minimum absolute atomic E-state index is 0.221. The summed E-state index contributed by atoms with van der Waals surface area (Å²) in [5, 5.41) is 8.77. The minimum Gasteiger partial charge on any atom is -0.494 e. The third-order valence-corrected chi connectivity index (χ3v) is 3.64. The van der Waals surface area contributed by atoms with Crippen molar-refractivity contribution < 1.29 is 14.6 Å². The van der Waals surface area contributed by atoms with E-state index in [1.807, 2.05) is 19.1 Å². The molecule has 0 aromatic heterocycles. The number of carboxylic acids is 1. The van der Waals surface area contributed by atoms with E-state index in [2.05, 4.69) is 37.8 Å². The van der Waals surface area contributed by atoms with E-state index in [1.54, 1.807) is 0 Å². The highest BCUT2D eigenvalue weighted by molar-refractivity contribution is 5.66. The average Bonchev–Trinajstić information content (AvgIpc) is 2.43. The van der Waals surface area contributed by atoms with E-state index in [0.29, 0.717) is 19.1 Å². The van der Waals surface area contributed by atoms with Crippen molar-refractivity contribution in [3.63, 3.8) is 0 Å². The van der Waals surface area contributed by atoms with Gasteiger partial charge in [0, 0.05) is 18.5 Å². The lowest BCUT2D eigenvalue weighted by Crippen LogP contribution is -2.34. The van der Waals surface area contributed by atoms with Gasteiger partial charge in [0.15, 0.2) is 0 Å². The van der Waals surface area contributed by atoms with E-state index >= 15 is 0 Å². The SMILES string of the molecule is CCOc1ccc(C(C)N(CCCC(=O)O)C(C)C)cc1. The van der Waals surface area contributed by atoms with Crippen molar-refractivity contribution in [2.24, 2.45) is 0 Å². The molecule has 1 N–H and O–H groups in total. The lowest BCUT2D eigenvalue weighted by Gasteiger charge is -2.33. The third-order valence-electron chi connectivity index (χ3n) is 3.64. The lowest BCUT2D eigenvalue weighted by atomic mass is 10.0. The van der Waals surface area contributed by atoms with Gasteiger partial charge >= 0.3 is 5.97 Å². The van der Waals surface area contributed by atoms with Gasteiger partial charge in [-0.15, -0.1) is 0 Å². The molecule has 1 aromatic rings. The van der Waals surface area contributed by atoms with Gasteiger partial charge < -0.3 is 9.84 Å². The molecule has 0 heterocycles. The Morgan fingerprint density at radius 3 is 2.33 bits per heavy atom. The number of hydrogen-bond acceptors (Lipinski definition) is 3. The van der Waals surface area contributed by atoms with Crippen LogP contribution in [0.3, 0.4) is 0 Å². The largest absolute Gasteiger partial charge is 0.494 e. The number of nitrogens with zero attached hydrogens (tertiary/aromatic N) is 1. The fourth-order valence-corrected chi connectivity index (χ4v) is 2.51. The van der Waals surface area contributed by atoms with Crippen molar-refractivity contribution in [3.05, 3.63) is 29.8 Å². The second-order valence-corrected chi connectivity index (χ2v) is 5.51. The maximum atomic E-state index is 10.7. The summed E-state index contributed by atoms with van der Waals surface area (Å²) in [6.45, 7) is 9.88. The predicted molar refractivity (Wildman–Crippen MR) is 84.7 cm³/mol. The van der Waals surface area contributed by atoms with Crippen LogP contribution in [0.2, 0.25) is 0 Å². The summed E-state index contributed by atoms with van der Waals surface area (Å²) in [6, 6.07) is 8.79. The molecule has 1 atom stereocenters. The van der Waals surface area contributed by atoms with Crippen molar-refractivity contribution in [3.8, 4) is 5.75 Å². The Bertz CT molecular complexity index is 428. The van der Waals surface area contributed by atoms with E-state index < -0.39 is 5.97 Å². The van der Waals surface area contributed by atoms with E-state index in [1.165, 1.54) is 5.56 Å². The first-order chi connectivity index (χ1) is 9.95. The van der Waals surface area contributed by atoms with Gasteiger partial charge in [-0.25, -0.2) is 0 Å². The second kappa shape index (κ2) is 8.67. The van der Waals surface area contributed by atoms with Crippen LogP contribution in [0.5, 0.6) is 5.75 Å². The zero-order valence-corrected chi connectivity index (χ0v) is 13.5. The third kappa shape index (κ3) is 5.76. The molecule has 0 spiro atoms. The summed E-state index contributed by atoms with van der Waals surface area (Å²) in [6.07, 6.45) is 0.897. The number of carboxylic acid groups (broad SMARTS) is 1. The first-order valence-corrected chi connectivity index (χ1v) is 7.66. The van der Waals surface area contributed by atoms with Crippen molar-refractivity contribution in [1.82, 2.24) is 4.90 Å². The summed E-state index contributed by atoms with van der Waals surface area (Å²) >= 11 is 0. The number of hydrogen-bond donors (Lipinski definition) is 1. The molecule has 0 aliphatic rings. The Kier molecular flexibility index (Phi) is 7.23. The van der Waals surface area contributed by atoms with Gasteiger partial charge in [-0.2, -0.15) is 0 Å². The Hall–Kier alpha value is -1.55. The smallest absolute Gasteiger partial charge is 0.303 e. The summed E-state index contributed by atoms with van der Waals surface area (Å²) in [5.74, 6) is 0.155. The van der Waals surface area contributed by atoms with Crippen LogP contribution >= 0.6 is 0 Å². The van der Waals surface area contributed by atoms with Crippen LogP contribution < -0.4 is 4.74 Å². The van der Waals surface area contributed by atoms with E-state index in [-0.39, 0.29) is 12.5 Å². The zero-order valence-electron chi connectivity index (χ0n) is 13.5. The van der Waals surface area contributed by atoms with Gasteiger partial charge in [-0.05, 0) is 58.4 Å². The second-order valence-electron chi connectivity index (χ2n) is 5.51. The molecule has 0 bridgehead atoms. The molecule has 0 amide bonds. The first kappa shape index (κ1) is 17.5. The van der Waals surface area contributed by atoms with Gasteiger partial charge in [0.1, 0.15) is 5.75 Å². The van der Waals surface area contributed by atoms with Crippen molar-refractivity contribution >= 4 is 5.97 Å². The molecule has 4 heteroatoms. The first-order valence-electron chi connectivity index (χ1n) is 7.66. The molecule has 1 unspecified atom stereocenters. The molecule has 1 rings (SSSR count). The highest BCUT2D eigenvalue weighted by Gasteiger charge is 2.18. The van der Waals surface area contributed by atoms with Crippen molar-refractivity contribution in [1.29, 1.82) is 0 Å². The predicted octanol–water partition coefficient (Wildman–Crippen LogP) is 3.72. The van der Waals surface area contributed by atoms with E-state index in [4.69, 9.17) is 9.84 Å². The number of rotatable bonds is 9. The van der Waals surface area contributed by atoms with Gasteiger partial charge in [0.25, 0.3) is 0 Å². The molecule has 0 saturated heterocycles. The number of ether oxygens (including phenoxy) is 1. The minimum atomic E-state index is -0.729. The maximum absolute atomic E-state index is 10.7. The molecule has 1 aromatic carbocycles.